The lowest BCUT2D eigenvalue weighted by molar-refractivity contribution is -0.299. The normalized spacial score (nSPS) is 28.9. The lowest BCUT2D eigenvalue weighted by Crippen LogP contribution is -2.59. The second-order valence-corrected chi connectivity index (χ2v) is 14.6. The zero-order valence-corrected chi connectivity index (χ0v) is 29.2. The fraction of sp³-hybridized carbons (Fsp3) is 0.750. The number of hydrogen-bond acceptors (Lipinski definition) is 13. The van der Waals surface area contributed by atoms with E-state index in [1.54, 1.807) is 0 Å². The van der Waals surface area contributed by atoms with E-state index >= 15 is 0 Å². The number of nitrogens with zero attached hydrogens (tertiary/aromatic N) is 4. The number of unbranched alkanes of at least 4 members (excludes halogenated alkanes) is 4. The van der Waals surface area contributed by atoms with Gasteiger partial charge in [0.15, 0.2) is 6.29 Å². The van der Waals surface area contributed by atoms with Crippen molar-refractivity contribution in [3.63, 3.8) is 0 Å². The van der Waals surface area contributed by atoms with E-state index in [2.05, 4.69) is 31.2 Å². The average molecular weight is 762 g/mol. The number of aromatic nitrogens is 1. The summed E-state index contributed by atoms with van der Waals surface area (Å²) < 4.78 is 51.0. The number of ether oxygens (including phenoxy) is 2. The van der Waals surface area contributed by atoms with Crippen LogP contribution in [0.4, 0.5) is 18.0 Å². The summed E-state index contributed by atoms with van der Waals surface area (Å²) in [5, 5.41) is 55.2. The predicted octanol–water partition coefficient (Wildman–Crippen LogP) is 0.810. The molecule has 4 amide bonds. The molecule has 0 radical (unpaired) electrons. The highest BCUT2D eigenvalue weighted by molar-refractivity contribution is 8.00. The number of pyridine rings is 1. The Balaban J connectivity index is 1.03. The zero-order chi connectivity index (χ0) is 37.5. The van der Waals surface area contributed by atoms with Crippen molar-refractivity contribution >= 4 is 29.6 Å². The molecule has 3 fully saturated rings. The van der Waals surface area contributed by atoms with Gasteiger partial charge in [-0.15, -0.1) is 10.2 Å². The first-order valence-corrected chi connectivity index (χ1v) is 18.5. The van der Waals surface area contributed by atoms with Gasteiger partial charge in [-0.05, 0) is 31.7 Å². The maximum Gasteiger partial charge on any atom is 0.442 e. The van der Waals surface area contributed by atoms with Gasteiger partial charge in [0, 0.05) is 42.3 Å². The van der Waals surface area contributed by atoms with Crippen molar-refractivity contribution < 1.29 is 57.5 Å². The number of carbonyl (C=O) groups is 3. The molecule has 4 aliphatic rings. The first-order chi connectivity index (χ1) is 24.8. The molecular formula is C32H46F3N7O9S. The van der Waals surface area contributed by atoms with Gasteiger partial charge in [-0.1, -0.05) is 25.3 Å². The van der Waals surface area contributed by atoms with Crippen LogP contribution in [0.15, 0.2) is 28.6 Å². The van der Waals surface area contributed by atoms with E-state index in [0.717, 1.165) is 37.6 Å². The van der Waals surface area contributed by atoms with Crippen LogP contribution in [-0.2, 0) is 31.3 Å². The topological polar surface area (TPSA) is 228 Å². The number of rotatable bonds is 19. The second-order valence-electron chi connectivity index (χ2n) is 13.4. The number of carbonyl (C=O) groups excluding carboxylic acids is 3. The molecule has 0 bridgehead atoms. The third-order valence-corrected chi connectivity index (χ3v) is 11.1. The van der Waals surface area contributed by atoms with E-state index in [0.29, 0.717) is 43.2 Å². The third-order valence-electron chi connectivity index (χ3n) is 9.61. The molecule has 5 heterocycles. The van der Waals surface area contributed by atoms with Crippen LogP contribution in [0, 0.1) is 0 Å². The maximum atomic E-state index is 13.4. The number of urea groups is 1. The lowest BCUT2D eigenvalue weighted by atomic mass is 9.99. The molecule has 7 N–H and O–H groups in total. The van der Waals surface area contributed by atoms with E-state index in [1.165, 1.54) is 17.0 Å². The Kier molecular flexibility index (Phi) is 13.7. The van der Waals surface area contributed by atoms with Gasteiger partial charge in [0.2, 0.25) is 11.8 Å². The van der Waals surface area contributed by atoms with Gasteiger partial charge in [-0.25, -0.2) is 4.79 Å². The molecule has 1 aromatic rings. The number of aliphatic hydroxyl groups excluding tert-OH is 4. The van der Waals surface area contributed by atoms with Crippen LogP contribution < -0.4 is 16.0 Å². The lowest BCUT2D eigenvalue weighted by Gasteiger charge is -2.39. The van der Waals surface area contributed by atoms with E-state index < -0.39 is 61.7 Å². The smallest absolute Gasteiger partial charge is 0.394 e. The number of amides is 4. The summed E-state index contributed by atoms with van der Waals surface area (Å²) in [5.41, 5.74) is -2.59. The zero-order valence-electron chi connectivity index (χ0n) is 28.4. The number of nitrogens with one attached hydrogen (secondary N) is 3. The molecule has 1 aromatic heterocycles. The first kappa shape index (κ1) is 40.1. The van der Waals surface area contributed by atoms with Gasteiger partial charge in [0.25, 0.3) is 0 Å². The maximum absolute atomic E-state index is 13.4. The van der Waals surface area contributed by atoms with Crippen LogP contribution >= 0.6 is 11.8 Å². The molecule has 20 heteroatoms. The predicted molar refractivity (Wildman–Crippen MR) is 177 cm³/mol. The summed E-state index contributed by atoms with van der Waals surface area (Å²) in [6.45, 7) is -0.635. The molecule has 0 aliphatic carbocycles. The number of thioether (sulfide) groups is 1. The van der Waals surface area contributed by atoms with E-state index in [-0.39, 0.29) is 42.7 Å². The molecule has 290 valence electrons. The monoisotopic (exact) mass is 761 g/mol. The van der Waals surface area contributed by atoms with Crippen molar-refractivity contribution in [3.05, 3.63) is 29.6 Å². The minimum absolute atomic E-state index is 0.0207. The standard InChI is InChI=1S/C32H46F3N7O9S/c33-32(34,35)31(40-41-31)18-9-10-19(37-13-18)14-42(24(45)16-50-29-28(48)27(47)26(46)21(15-43)51-29)12-6-2-1-5-11-36-23(44)8-4-3-7-22-25-20(17-52-22)38-30(49)39-25/h9-10,13,20-22,25-29,43,46-48H,1-8,11-12,14-17H2,(H,36,44)(H2,38,39,49)/t20?,21-,22+,25?,26-,27+,28+,29+/m1/s1. The number of aliphatic hydroxyl groups is 4. The summed E-state index contributed by atoms with van der Waals surface area (Å²) in [4.78, 5) is 42.6. The molecule has 0 saturated carbocycles. The summed E-state index contributed by atoms with van der Waals surface area (Å²) in [5.74, 6) is 0.314. The fourth-order valence-corrected chi connectivity index (χ4v) is 8.02. The Morgan fingerprint density at radius 2 is 1.83 bits per heavy atom. The van der Waals surface area contributed by atoms with Crippen LogP contribution in [0.2, 0.25) is 0 Å². The molecule has 52 heavy (non-hydrogen) atoms. The van der Waals surface area contributed by atoms with Crippen LogP contribution in [0.25, 0.3) is 0 Å². The van der Waals surface area contributed by atoms with Gasteiger partial charge in [-0.2, -0.15) is 24.9 Å². The van der Waals surface area contributed by atoms with Crippen molar-refractivity contribution in [2.45, 2.75) is 118 Å². The van der Waals surface area contributed by atoms with Crippen LogP contribution in [0.1, 0.15) is 62.6 Å². The van der Waals surface area contributed by atoms with Crippen molar-refractivity contribution in [2.24, 2.45) is 10.2 Å². The van der Waals surface area contributed by atoms with Crippen molar-refractivity contribution in [1.29, 1.82) is 0 Å². The third kappa shape index (κ3) is 9.88. The van der Waals surface area contributed by atoms with Gasteiger partial charge in [-0.3, -0.25) is 14.6 Å². The number of hydrogen-bond donors (Lipinski definition) is 7. The minimum Gasteiger partial charge on any atom is -0.394 e. The quantitative estimate of drug-likeness (QED) is 0.0771. The van der Waals surface area contributed by atoms with E-state index in [9.17, 15) is 48.0 Å². The van der Waals surface area contributed by atoms with Gasteiger partial charge in [0.1, 0.15) is 31.0 Å². The summed E-state index contributed by atoms with van der Waals surface area (Å²) in [6.07, 6.45) is -5.70. The molecule has 4 aliphatic heterocycles. The number of alkyl halides is 3. The molecule has 0 aromatic carbocycles. The summed E-state index contributed by atoms with van der Waals surface area (Å²) in [6, 6.07) is 2.78. The van der Waals surface area contributed by atoms with Crippen LogP contribution in [-0.4, -0.2) is 134 Å². The van der Waals surface area contributed by atoms with Gasteiger partial charge >= 0.3 is 17.9 Å². The Labute approximate surface area is 302 Å². The molecule has 2 unspecified atom stereocenters. The van der Waals surface area contributed by atoms with Crippen molar-refractivity contribution in [3.8, 4) is 0 Å². The highest BCUT2D eigenvalue weighted by Crippen LogP contribution is 2.52. The van der Waals surface area contributed by atoms with Gasteiger partial charge in [0.05, 0.1) is 30.9 Å². The van der Waals surface area contributed by atoms with E-state index in [1.807, 2.05) is 11.8 Å². The molecule has 0 spiro atoms. The summed E-state index contributed by atoms with van der Waals surface area (Å²) >= 11 is 1.85. The van der Waals surface area contributed by atoms with Crippen molar-refractivity contribution in [2.75, 3.05) is 32.1 Å². The number of halogens is 3. The number of fused-ring (bicyclic) bond motifs is 1. The first-order valence-electron chi connectivity index (χ1n) is 17.4. The largest absolute Gasteiger partial charge is 0.442 e. The Morgan fingerprint density at radius 3 is 2.52 bits per heavy atom. The fourth-order valence-electron chi connectivity index (χ4n) is 6.48. The highest BCUT2D eigenvalue weighted by atomic mass is 32.2. The van der Waals surface area contributed by atoms with E-state index in [4.69, 9.17) is 9.47 Å². The average Bonchev–Trinajstić information content (AvgIpc) is 3.75. The second kappa shape index (κ2) is 17.8. The molecular weight excluding hydrogens is 715 g/mol. The highest BCUT2D eigenvalue weighted by Gasteiger charge is 2.65. The summed E-state index contributed by atoms with van der Waals surface area (Å²) in [7, 11) is 0. The molecule has 16 nitrogen and oxygen atoms in total. The Hall–Kier alpha value is -3.14. The molecule has 8 atom stereocenters. The Morgan fingerprint density at radius 1 is 1.06 bits per heavy atom. The van der Waals surface area contributed by atoms with Crippen LogP contribution in [0.5, 0.6) is 0 Å². The molecule has 3 saturated heterocycles. The van der Waals surface area contributed by atoms with Gasteiger partial charge < -0.3 is 50.8 Å². The molecule has 5 rings (SSSR count). The van der Waals surface area contributed by atoms with Crippen molar-refractivity contribution in [1.82, 2.24) is 25.8 Å². The minimum atomic E-state index is -4.71. The van der Waals surface area contributed by atoms with Crippen LogP contribution in [0.3, 0.4) is 0 Å². The SMILES string of the molecule is O=C(CCCC[C@@H]1SCC2NC(=O)NC21)NCCCCCCN(Cc1ccc(C2(C(F)(F)F)N=N2)cn1)C(=O)CO[C@H]1O[C@H](CO)[C@@H](O)[C@H](O)[C@@H]1O. The Bertz CT molecular complexity index is 1400.